The molecule has 0 aromatic carbocycles. The van der Waals surface area contributed by atoms with E-state index in [0.29, 0.717) is 18.2 Å². The molecule has 0 unspecified atom stereocenters. The van der Waals surface area contributed by atoms with Gasteiger partial charge in [0.15, 0.2) is 0 Å². The van der Waals surface area contributed by atoms with Gasteiger partial charge in [0.05, 0.1) is 5.56 Å². The van der Waals surface area contributed by atoms with E-state index >= 15 is 0 Å². The van der Waals surface area contributed by atoms with Crippen molar-refractivity contribution in [3.63, 3.8) is 0 Å². The van der Waals surface area contributed by atoms with Crippen LogP contribution in [0.2, 0.25) is 0 Å². The second kappa shape index (κ2) is 7.00. The lowest BCUT2D eigenvalue weighted by molar-refractivity contribution is -0.137. The number of halogens is 3. The van der Waals surface area contributed by atoms with Crippen LogP contribution in [-0.4, -0.2) is 24.6 Å². The summed E-state index contributed by atoms with van der Waals surface area (Å²) in [6.45, 7) is 3.95. The molecule has 0 radical (unpaired) electrons. The van der Waals surface area contributed by atoms with E-state index < -0.39 is 11.7 Å². The van der Waals surface area contributed by atoms with E-state index in [4.69, 9.17) is 0 Å². The van der Waals surface area contributed by atoms with Crippen molar-refractivity contribution in [3.8, 4) is 0 Å². The fraction of sp³-hybridized carbons (Fsp3) is 0.667. The van der Waals surface area contributed by atoms with Crippen molar-refractivity contribution in [2.75, 3.05) is 29.9 Å². The standard InChI is InChI=1S/C15H22F3N3/c1-2-19-13-10-12(15(16,17)18)11-14(20-13)21-8-6-4-3-5-7-9-21/h10-11H,2-9H2,1H3,(H,19,20). The fourth-order valence-electron chi connectivity index (χ4n) is 2.59. The summed E-state index contributed by atoms with van der Waals surface area (Å²) in [7, 11) is 0. The van der Waals surface area contributed by atoms with E-state index in [1.807, 2.05) is 11.8 Å². The maximum Gasteiger partial charge on any atom is 0.416 e. The van der Waals surface area contributed by atoms with Gasteiger partial charge in [-0.1, -0.05) is 19.3 Å². The molecule has 1 fully saturated rings. The number of hydrogen-bond donors (Lipinski definition) is 1. The van der Waals surface area contributed by atoms with Gasteiger partial charge in [-0.15, -0.1) is 0 Å². The molecular weight excluding hydrogens is 279 g/mol. The average Bonchev–Trinajstić information content (AvgIpc) is 2.37. The molecule has 0 atom stereocenters. The topological polar surface area (TPSA) is 28.2 Å². The predicted molar refractivity (Wildman–Crippen MR) is 78.7 cm³/mol. The summed E-state index contributed by atoms with van der Waals surface area (Å²) >= 11 is 0. The monoisotopic (exact) mass is 301 g/mol. The molecular formula is C15H22F3N3. The van der Waals surface area contributed by atoms with Crippen molar-refractivity contribution >= 4 is 11.6 Å². The quantitative estimate of drug-likeness (QED) is 0.902. The minimum atomic E-state index is -4.34. The van der Waals surface area contributed by atoms with Crippen LogP contribution in [-0.2, 0) is 6.18 Å². The highest BCUT2D eigenvalue weighted by atomic mass is 19.4. The van der Waals surface area contributed by atoms with Gasteiger partial charge in [-0.25, -0.2) is 4.98 Å². The molecule has 118 valence electrons. The van der Waals surface area contributed by atoms with E-state index in [1.54, 1.807) is 0 Å². The second-order valence-electron chi connectivity index (χ2n) is 5.38. The number of pyridine rings is 1. The largest absolute Gasteiger partial charge is 0.416 e. The summed E-state index contributed by atoms with van der Waals surface area (Å²) in [5.74, 6) is 0.729. The number of anilines is 2. The van der Waals surface area contributed by atoms with Gasteiger partial charge in [0.1, 0.15) is 11.6 Å². The maximum absolute atomic E-state index is 13.0. The molecule has 1 N–H and O–H groups in total. The minimum absolute atomic E-state index is 0.296. The third-order valence-corrected chi connectivity index (χ3v) is 3.68. The van der Waals surface area contributed by atoms with Gasteiger partial charge in [-0.05, 0) is 31.9 Å². The average molecular weight is 301 g/mol. The summed E-state index contributed by atoms with van der Waals surface area (Å²) in [4.78, 5) is 6.33. The molecule has 1 aromatic heterocycles. The third-order valence-electron chi connectivity index (χ3n) is 3.68. The minimum Gasteiger partial charge on any atom is -0.370 e. The molecule has 1 aliphatic rings. The van der Waals surface area contributed by atoms with Gasteiger partial charge in [0, 0.05) is 19.6 Å². The Morgan fingerprint density at radius 3 is 2.29 bits per heavy atom. The second-order valence-corrected chi connectivity index (χ2v) is 5.38. The molecule has 0 amide bonds. The lowest BCUT2D eigenvalue weighted by Gasteiger charge is -2.27. The lowest BCUT2D eigenvalue weighted by atomic mass is 10.1. The Morgan fingerprint density at radius 2 is 1.71 bits per heavy atom. The molecule has 2 rings (SSSR count). The zero-order valence-electron chi connectivity index (χ0n) is 12.3. The molecule has 2 heterocycles. The van der Waals surface area contributed by atoms with E-state index in [2.05, 4.69) is 10.3 Å². The Balaban J connectivity index is 2.29. The van der Waals surface area contributed by atoms with Gasteiger partial charge in [0.25, 0.3) is 0 Å². The summed E-state index contributed by atoms with van der Waals surface area (Å²) in [6.07, 6.45) is 1.16. The molecule has 0 bridgehead atoms. The predicted octanol–water partition coefficient (Wildman–Crippen LogP) is 4.30. The molecule has 1 saturated heterocycles. The smallest absolute Gasteiger partial charge is 0.370 e. The van der Waals surface area contributed by atoms with Crippen molar-refractivity contribution in [1.82, 2.24) is 4.98 Å². The van der Waals surface area contributed by atoms with Gasteiger partial charge in [-0.2, -0.15) is 13.2 Å². The van der Waals surface area contributed by atoms with E-state index in [0.717, 1.165) is 44.8 Å². The van der Waals surface area contributed by atoms with Crippen molar-refractivity contribution in [1.29, 1.82) is 0 Å². The summed E-state index contributed by atoms with van der Waals surface area (Å²) < 4.78 is 39.1. The maximum atomic E-state index is 13.0. The highest BCUT2D eigenvalue weighted by Crippen LogP contribution is 2.33. The van der Waals surface area contributed by atoms with Gasteiger partial charge < -0.3 is 10.2 Å². The molecule has 21 heavy (non-hydrogen) atoms. The zero-order valence-corrected chi connectivity index (χ0v) is 12.3. The number of alkyl halides is 3. The number of nitrogens with zero attached hydrogens (tertiary/aromatic N) is 2. The van der Waals surface area contributed by atoms with Crippen molar-refractivity contribution in [2.45, 2.75) is 45.2 Å². The molecule has 6 heteroatoms. The van der Waals surface area contributed by atoms with Gasteiger partial charge in [0.2, 0.25) is 0 Å². The first kappa shape index (κ1) is 15.9. The fourth-order valence-corrected chi connectivity index (χ4v) is 2.59. The summed E-state index contributed by atoms with van der Waals surface area (Å²) in [5.41, 5.74) is -0.634. The Labute approximate surface area is 123 Å². The molecule has 3 nitrogen and oxygen atoms in total. The first-order chi connectivity index (χ1) is 10.0. The number of rotatable bonds is 3. The SMILES string of the molecule is CCNc1cc(C(F)(F)F)cc(N2CCCCCCC2)n1. The van der Waals surface area contributed by atoms with Crippen LogP contribution < -0.4 is 10.2 Å². The Kier molecular flexibility index (Phi) is 5.31. The van der Waals surface area contributed by atoms with E-state index in [9.17, 15) is 13.2 Å². The first-order valence-electron chi connectivity index (χ1n) is 7.59. The van der Waals surface area contributed by atoms with Crippen LogP contribution in [0.4, 0.5) is 24.8 Å². The van der Waals surface area contributed by atoms with Crippen molar-refractivity contribution in [3.05, 3.63) is 17.7 Å². The van der Waals surface area contributed by atoms with Crippen LogP contribution in [0.3, 0.4) is 0 Å². The molecule has 0 saturated carbocycles. The number of aromatic nitrogens is 1. The van der Waals surface area contributed by atoms with Crippen molar-refractivity contribution in [2.24, 2.45) is 0 Å². The normalized spacial score (nSPS) is 17.2. The highest BCUT2D eigenvalue weighted by molar-refractivity contribution is 5.51. The van der Waals surface area contributed by atoms with Crippen LogP contribution in [0.25, 0.3) is 0 Å². The van der Waals surface area contributed by atoms with Crippen LogP contribution >= 0.6 is 0 Å². The van der Waals surface area contributed by atoms with E-state index in [1.165, 1.54) is 12.5 Å². The number of hydrogen-bond acceptors (Lipinski definition) is 3. The lowest BCUT2D eigenvalue weighted by Crippen LogP contribution is -2.28. The zero-order chi connectivity index (χ0) is 15.3. The molecule has 0 spiro atoms. The van der Waals surface area contributed by atoms with Gasteiger partial charge in [-0.3, -0.25) is 0 Å². The van der Waals surface area contributed by atoms with Crippen LogP contribution in [0.5, 0.6) is 0 Å². The summed E-state index contributed by atoms with van der Waals surface area (Å²) in [6, 6.07) is 2.25. The first-order valence-corrected chi connectivity index (χ1v) is 7.59. The molecule has 0 aliphatic carbocycles. The number of nitrogens with one attached hydrogen (secondary N) is 1. The molecule has 1 aliphatic heterocycles. The van der Waals surface area contributed by atoms with E-state index in [-0.39, 0.29) is 0 Å². The molecule has 1 aromatic rings. The van der Waals surface area contributed by atoms with Crippen LogP contribution in [0, 0.1) is 0 Å². The van der Waals surface area contributed by atoms with Crippen molar-refractivity contribution < 1.29 is 13.2 Å². The highest BCUT2D eigenvalue weighted by Gasteiger charge is 2.32. The third kappa shape index (κ3) is 4.51. The van der Waals surface area contributed by atoms with Crippen LogP contribution in [0.1, 0.15) is 44.6 Å². The van der Waals surface area contributed by atoms with Crippen LogP contribution in [0.15, 0.2) is 12.1 Å². The van der Waals surface area contributed by atoms with Gasteiger partial charge >= 0.3 is 6.18 Å². The Hall–Kier alpha value is -1.46. The Bertz CT molecular complexity index is 452. The summed E-state index contributed by atoms with van der Waals surface area (Å²) in [5, 5.41) is 2.89. The Morgan fingerprint density at radius 1 is 1.10 bits per heavy atom.